The van der Waals surface area contributed by atoms with Gasteiger partial charge in [0.2, 0.25) is 5.88 Å². The Morgan fingerprint density at radius 1 is 1.08 bits per heavy atom. The maximum atomic E-state index is 6.13. The normalized spacial score (nSPS) is 23.2. The van der Waals surface area contributed by atoms with Crippen molar-refractivity contribution < 1.29 is 4.74 Å². The summed E-state index contributed by atoms with van der Waals surface area (Å²) in [7, 11) is 0. The Kier molecular flexibility index (Phi) is 5.44. The average Bonchev–Trinajstić information content (AvgIpc) is 3.24. The summed E-state index contributed by atoms with van der Waals surface area (Å²) in [5, 5.41) is 5.67. The van der Waals surface area contributed by atoms with Gasteiger partial charge in [0.25, 0.3) is 0 Å². The van der Waals surface area contributed by atoms with Gasteiger partial charge in [-0.2, -0.15) is 0 Å². The number of nitrogens with zero attached hydrogens (tertiary/aromatic N) is 3. The minimum Gasteiger partial charge on any atom is -0.476 e. The van der Waals surface area contributed by atoms with E-state index in [0.717, 1.165) is 23.9 Å². The highest BCUT2D eigenvalue weighted by Gasteiger charge is 2.33. The van der Waals surface area contributed by atoms with Crippen molar-refractivity contribution in [3.63, 3.8) is 0 Å². The molecule has 1 aromatic carbocycles. The number of benzene rings is 1. The molecule has 0 radical (unpaired) electrons. The number of hydrogen-bond acceptors (Lipinski definition) is 3. The van der Waals surface area contributed by atoms with Crippen LogP contribution in [0.2, 0.25) is 10.0 Å². The van der Waals surface area contributed by atoms with E-state index in [1.807, 2.05) is 29.8 Å². The van der Waals surface area contributed by atoms with Crippen LogP contribution in [0.3, 0.4) is 0 Å². The molecule has 0 N–H and O–H groups in total. The summed E-state index contributed by atoms with van der Waals surface area (Å²) in [5.41, 5.74) is 1.91. The first-order valence-electron chi connectivity index (χ1n) is 9.47. The standard InChI is InChI=1S/C20H25Cl2N3O/c1-14-10-20(23-25(14)17-6-7-18(21)19(22)11-17)26-13-16-5-4-15(16)12-24-8-2-3-9-24/h6-7,10-11,15-16H,2-5,8-9,12-13H2,1H3/t15-,16+/m1/s1. The molecule has 4 nitrogen and oxygen atoms in total. The number of aromatic nitrogens is 2. The van der Waals surface area contributed by atoms with Crippen molar-refractivity contribution in [2.24, 2.45) is 11.8 Å². The zero-order valence-electron chi connectivity index (χ0n) is 15.1. The number of hydrogen-bond donors (Lipinski definition) is 0. The van der Waals surface area contributed by atoms with Crippen LogP contribution in [0, 0.1) is 18.8 Å². The van der Waals surface area contributed by atoms with E-state index < -0.39 is 0 Å². The lowest BCUT2D eigenvalue weighted by Gasteiger charge is -2.38. The predicted octanol–water partition coefficient (Wildman–Crippen LogP) is 4.99. The largest absolute Gasteiger partial charge is 0.476 e. The van der Waals surface area contributed by atoms with Crippen molar-refractivity contribution in [2.75, 3.05) is 26.2 Å². The van der Waals surface area contributed by atoms with Gasteiger partial charge in [-0.1, -0.05) is 23.2 Å². The predicted molar refractivity (Wildman–Crippen MR) is 106 cm³/mol. The second-order valence-electron chi connectivity index (χ2n) is 7.55. The van der Waals surface area contributed by atoms with Gasteiger partial charge in [-0.15, -0.1) is 5.10 Å². The maximum absolute atomic E-state index is 6.13. The van der Waals surface area contributed by atoms with Crippen LogP contribution in [0.5, 0.6) is 5.88 Å². The highest BCUT2D eigenvalue weighted by atomic mass is 35.5. The Labute approximate surface area is 165 Å². The van der Waals surface area contributed by atoms with Crippen molar-refractivity contribution in [3.8, 4) is 11.6 Å². The molecule has 0 unspecified atom stereocenters. The molecule has 1 aliphatic carbocycles. The van der Waals surface area contributed by atoms with E-state index in [1.54, 1.807) is 6.07 Å². The van der Waals surface area contributed by atoms with Gasteiger partial charge in [0.1, 0.15) is 0 Å². The van der Waals surface area contributed by atoms with E-state index in [9.17, 15) is 0 Å². The summed E-state index contributed by atoms with van der Waals surface area (Å²) >= 11 is 12.1. The Morgan fingerprint density at radius 3 is 2.54 bits per heavy atom. The van der Waals surface area contributed by atoms with Crippen LogP contribution in [-0.4, -0.2) is 40.9 Å². The lowest BCUT2D eigenvalue weighted by atomic mass is 9.74. The third-order valence-corrected chi connectivity index (χ3v) is 6.46. The lowest BCUT2D eigenvalue weighted by Crippen LogP contribution is -2.39. The molecule has 4 rings (SSSR count). The van der Waals surface area contributed by atoms with Crippen molar-refractivity contribution in [1.29, 1.82) is 0 Å². The SMILES string of the molecule is Cc1cc(OC[C@@H]2CC[C@@H]2CN2CCCC2)nn1-c1ccc(Cl)c(Cl)c1. The van der Waals surface area contributed by atoms with Gasteiger partial charge >= 0.3 is 0 Å². The Morgan fingerprint density at radius 2 is 1.85 bits per heavy atom. The molecule has 26 heavy (non-hydrogen) atoms. The highest BCUT2D eigenvalue weighted by Crippen LogP contribution is 2.36. The molecular weight excluding hydrogens is 369 g/mol. The van der Waals surface area contributed by atoms with Gasteiger partial charge in [-0.25, -0.2) is 4.68 Å². The fourth-order valence-corrected chi connectivity index (χ4v) is 4.27. The molecular formula is C20H25Cl2N3O. The molecule has 2 aromatic rings. The fourth-order valence-electron chi connectivity index (χ4n) is 3.98. The second kappa shape index (κ2) is 7.79. The molecule has 1 aromatic heterocycles. The van der Waals surface area contributed by atoms with E-state index in [2.05, 4.69) is 10.00 Å². The van der Waals surface area contributed by atoms with Crippen molar-refractivity contribution in [2.45, 2.75) is 32.6 Å². The van der Waals surface area contributed by atoms with E-state index in [1.165, 1.54) is 45.3 Å². The van der Waals surface area contributed by atoms with Gasteiger partial charge in [-0.3, -0.25) is 0 Å². The van der Waals surface area contributed by atoms with Crippen LogP contribution in [0.1, 0.15) is 31.4 Å². The Hall–Kier alpha value is -1.23. The smallest absolute Gasteiger partial charge is 0.233 e. The van der Waals surface area contributed by atoms with Crippen LogP contribution in [0.4, 0.5) is 0 Å². The van der Waals surface area contributed by atoms with Crippen LogP contribution < -0.4 is 4.74 Å². The minimum atomic E-state index is 0.528. The number of rotatable bonds is 6. The Bertz CT molecular complexity index is 770. The summed E-state index contributed by atoms with van der Waals surface area (Å²) in [6, 6.07) is 7.51. The molecule has 0 bridgehead atoms. The number of halogens is 2. The zero-order valence-corrected chi connectivity index (χ0v) is 16.6. The number of likely N-dealkylation sites (tertiary alicyclic amines) is 1. The summed E-state index contributed by atoms with van der Waals surface area (Å²) in [6.45, 7) is 6.57. The molecule has 1 aliphatic heterocycles. The van der Waals surface area contributed by atoms with Gasteiger partial charge in [0, 0.05) is 18.3 Å². The van der Waals surface area contributed by atoms with Crippen molar-refractivity contribution >= 4 is 23.2 Å². The number of aryl methyl sites for hydroxylation is 1. The zero-order chi connectivity index (χ0) is 18.1. The summed E-state index contributed by atoms with van der Waals surface area (Å²) < 4.78 is 7.88. The van der Waals surface area contributed by atoms with E-state index in [0.29, 0.717) is 21.8 Å². The Balaban J connectivity index is 1.36. The third kappa shape index (κ3) is 3.88. The minimum absolute atomic E-state index is 0.528. The van der Waals surface area contributed by atoms with E-state index in [-0.39, 0.29) is 0 Å². The van der Waals surface area contributed by atoms with Crippen LogP contribution in [0.25, 0.3) is 5.69 Å². The highest BCUT2D eigenvalue weighted by molar-refractivity contribution is 6.42. The van der Waals surface area contributed by atoms with Crippen LogP contribution in [-0.2, 0) is 0 Å². The molecule has 2 fully saturated rings. The number of ether oxygens (including phenoxy) is 1. The first kappa shape index (κ1) is 18.1. The lowest BCUT2D eigenvalue weighted by molar-refractivity contribution is 0.0732. The van der Waals surface area contributed by atoms with Gasteiger partial charge in [0.15, 0.2) is 0 Å². The molecule has 2 heterocycles. The first-order chi connectivity index (χ1) is 12.6. The van der Waals surface area contributed by atoms with Crippen LogP contribution in [0.15, 0.2) is 24.3 Å². The molecule has 0 amide bonds. The molecule has 6 heteroatoms. The molecule has 140 valence electrons. The van der Waals surface area contributed by atoms with Gasteiger partial charge < -0.3 is 9.64 Å². The molecule has 2 atom stereocenters. The topological polar surface area (TPSA) is 30.3 Å². The second-order valence-corrected chi connectivity index (χ2v) is 8.36. The van der Waals surface area contributed by atoms with Gasteiger partial charge in [-0.05, 0) is 75.7 Å². The van der Waals surface area contributed by atoms with Crippen molar-refractivity contribution in [3.05, 3.63) is 40.0 Å². The van der Waals surface area contributed by atoms with Crippen molar-refractivity contribution in [1.82, 2.24) is 14.7 Å². The maximum Gasteiger partial charge on any atom is 0.233 e. The summed E-state index contributed by atoms with van der Waals surface area (Å²) in [6.07, 6.45) is 5.32. The fraction of sp³-hybridized carbons (Fsp3) is 0.550. The first-order valence-corrected chi connectivity index (χ1v) is 10.2. The molecule has 0 spiro atoms. The van der Waals surface area contributed by atoms with Gasteiger partial charge in [0.05, 0.1) is 22.3 Å². The summed E-state index contributed by atoms with van der Waals surface area (Å²) in [5.74, 6) is 2.12. The molecule has 1 saturated heterocycles. The van der Waals surface area contributed by atoms with E-state index in [4.69, 9.17) is 27.9 Å². The molecule has 1 saturated carbocycles. The average molecular weight is 394 g/mol. The van der Waals surface area contributed by atoms with Crippen LogP contribution >= 0.6 is 23.2 Å². The third-order valence-electron chi connectivity index (χ3n) is 5.72. The monoisotopic (exact) mass is 393 g/mol. The van der Waals surface area contributed by atoms with E-state index >= 15 is 0 Å². The molecule has 2 aliphatic rings. The quantitative estimate of drug-likeness (QED) is 0.692. The summed E-state index contributed by atoms with van der Waals surface area (Å²) in [4.78, 5) is 2.61.